The lowest BCUT2D eigenvalue weighted by molar-refractivity contribution is -0.339. The standard InChI is InChI=1S/C10H17N2O13P3S/c1-5-3-12(10(14)11-9(5)29)8-2-6(13)7(23-8)4-22-27(18,19)25-28(20,21)24-26(15,16)17/h3,6-8,13H,2,4H2,1H3,(H,18,19)(H,20,21)(H,11,14,29)(H2,15,16,17)/p-4. The topological polar surface area (TPSA) is 238 Å². The van der Waals surface area contributed by atoms with Gasteiger partial charge in [-0.15, -0.1) is 0 Å². The zero-order valence-corrected chi connectivity index (χ0v) is 17.8. The van der Waals surface area contributed by atoms with E-state index >= 15 is 0 Å². The molecule has 0 spiro atoms. The van der Waals surface area contributed by atoms with Crippen LogP contribution in [0.3, 0.4) is 0 Å². The van der Waals surface area contributed by atoms with Gasteiger partial charge in [0.05, 0.1) is 20.5 Å². The molecule has 1 aliphatic heterocycles. The van der Waals surface area contributed by atoms with Crippen LogP contribution >= 0.6 is 35.7 Å². The van der Waals surface area contributed by atoms with Crippen LogP contribution in [0.2, 0.25) is 0 Å². The van der Waals surface area contributed by atoms with Gasteiger partial charge in [-0.05, 0) is 6.92 Å². The normalized spacial score (nSPS) is 26.8. The molecule has 2 heterocycles. The Labute approximate surface area is 167 Å². The molecular weight excluding hydrogens is 481 g/mol. The maximum absolute atomic E-state index is 12.0. The van der Waals surface area contributed by atoms with E-state index < -0.39 is 54.2 Å². The fourth-order valence-corrected chi connectivity index (χ4v) is 5.29. The quantitative estimate of drug-likeness (QED) is 0.285. The van der Waals surface area contributed by atoms with Crippen molar-refractivity contribution in [2.75, 3.05) is 6.61 Å². The Bertz CT molecular complexity index is 1020. The van der Waals surface area contributed by atoms with Crippen LogP contribution in [0.4, 0.5) is 0 Å². The first-order valence-corrected chi connectivity index (χ1v) is 12.2. The van der Waals surface area contributed by atoms with E-state index in [-0.39, 0.29) is 11.1 Å². The number of H-pyrrole nitrogens is 1. The molecule has 0 aliphatic carbocycles. The van der Waals surface area contributed by atoms with Crippen molar-refractivity contribution in [3.8, 4) is 0 Å². The van der Waals surface area contributed by atoms with Crippen molar-refractivity contribution in [1.29, 1.82) is 0 Å². The van der Waals surface area contributed by atoms with Crippen molar-refractivity contribution in [2.45, 2.75) is 31.8 Å². The van der Waals surface area contributed by atoms with Crippen molar-refractivity contribution in [1.82, 2.24) is 9.55 Å². The van der Waals surface area contributed by atoms with Crippen molar-refractivity contribution in [2.24, 2.45) is 0 Å². The van der Waals surface area contributed by atoms with Gasteiger partial charge >= 0.3 is 5.69 Å². The molecule has 29 heavy (non-hydrogen) atoms. The summed E-state index contributed by atoms with van der Waals surface area (Å²) in [5.41, 5.74) is -0.128. The number of nitrogens with zero attached hydrogens (tertiary/aromatic N) is 1. The predicted molar refractivity (Wildman–Crippen MR) is 86.1 cm³/mol. The average Bonchev–Trinajstić information content (AvgIpc) is 2.86. The minimum Gasteiger partial charge on any atom is -0.790 e. The summed E-state index contributed by atoms with van der Waals surface area (Å²) in [6.45, 7) is 0.652. The number of aromatic nitrogens is 2. The Morgan fingerprint density at radius 1 is 1.28 bits per heavy atom. The van der Waals surface area contributed by atoms with E-state index in [2.05, 4.69) is 18.1 Å². The number of aliphatic hydroxyl groups is 1. The number of nitrogens with one attached hydrogen (secondary N) is 1. The molecule has 5 atom stereocenters. The molecule has 0 aromatic carbocycles. The minimum absolute atomic E-state index is 0.152. The highest BCUT2D eigenvalue weighted by atomic mass is 32.1. The van der Waals surface area contributed by atoms with Crippen LogP contribution in [-0.2, 0) is 31.6 Å². The molecule has 2 rings (SSSR count). The average molecular weight is 494 g/mol. The Kier molecular flexibility index (Phi) is 7.57. The highest BCUT2D eigenvalue weighted by molar-refractivity contribution is 7.71. The van der Waals surface area contributed by atoms with Gasteiger partial charge < -0.3 is 38.5 Å². The second-order valence-corrected chi connectivity index (χ2v) is 10.4. The summed E-state index contributed by atoms with van der Waals surface area (Å²) < 4.78 is 50.1. The largest absolute Gasteiger partial charge is 0.790 e. The molecule has 5 unspecified atom stereocenters. The van der Waals surface area contributed by atoms with Crippen molar-refractivity contribution < 1.29 is 56.3 Å². The summed E-state index contributed by atoms with van der Waals surface area (Å²) in [5.74, 6) is 0. The summed E-state index contributed by atoms with van der Waals surface area (Å²) in [6.07, 6.45) is -2.48. The molecule has 2 N–H and O–H groups in total. The number of phosphoric acid groups is 3. The number of rotatable bonds is 8. The van der Waals surface area contributed by atoms with Crippen LogP contribution < -0.4 is 25.3 Å². The first-order chi connectivity index (χ1) is 13.1. The highest BCUT2D eigenvalue weighted by Gasteiger charge is 2.37. The molecule has 0 bridgehead atoms. The van der Waals surface area contributed by atoms with Crippen LogP contribution in [0, 0.1) is 11.6 Å². The van der Waals surface area contributed by atoms with Gasteiger partial charge in [0.2, 0.25) is 0 Å². The van der Waals surface area contributed by atoms with Gasteiger partial charge in [0.15, 0.2) is 0 Å². The van der Waals surface area contributed by atoms with Gasteiger partial charge in [-0.25, -0.2) is 9.11 Å². The number of hydrogen-bond acceptors (Lipinski definition) is 14. The molecule has 19 heteroatoms. The fraction of sp³-hybridized carbons (Fsp3) is 0.600. The van der Waals surface area contributed by atoms with E-state index in [1.165, 1.54) is 6.20 Å². The van der Waals surface area contributed by atoms with Gasteiger partial charge in [-0.2, -0.15) is 0 Å². The molecule has 0 amide bonds. The van der Waals surface area contributed by atoms with Crippen LogP contribution in [0.25, 0.3) is 0 Å². The van der Waals surface area contributed by atoms with Crippen molar-refractivity contribution in [3.05, 3.63) is 26.9 Å². The molecule has 15 nitrogen and oxygen atoms in total. The molecule has 166 valence electrons. The molecule has 0 saturated carbocycles. The monoisotopic (exact) mass is 494 g/mol. The maximum Gasteiger partial charge on any atom is 0.328 e. The second kappa shape index (κ2) is 8.89. The first-order valence-electron chi connectivity index (χ1n) is 7.45. The Balaban J connectivity index is 2.03. The summed E-state index contributed by atoms with van der Waals surface area (Å²) in [6, 6.07) is 0. The second-order valence-electron chi connectivity index (χ2n) is 5.71. The van der Waals surface area contributed by atoms with Gasteiger partial charge in [0.1, 0.15) is 17.0 Å². The summed E-state index contributed by atoms with van der Waals surface area (Å²) in [7, 11) is -17.9. The zero-order chi connectivity index (χ0) is 22.2. The van der Waals surface area contributed by atoms with Crippen LogP contribution in [0.5, 0.6) is 0 Å². The molecule has 1 aromatic rings. The van der Waals surface area contributed by atoms with E-state index in [1.807, 2.05) is 0 Å². The third-order valence-electron chi connectivity index (χ3n) is 3.46. The SMILES string of the molecule is Cc1cn(C2CC(O)C(COP(=O)([O-])OP(=O)([O-])OP(=O)([O-])[O-])O2)c(=O)[nH]c1=S. The smallest absolute Gasteiger partial charge is 0.328 e. The number of hydrogen-bond donors (Lipinski definition) is 2. The summed E-state index contributed by atoms with van der Waals surface area (Å²) in [5, 5.41) is 9.97. The van der Waals surface area contributed by atoms with Crippen molar-refractivity contribution >= 4 is 35.7 Å². The summed E-state index contributed by atoms with van der Waals surface area (Å²) in [4.78, 5) is 57.5. The first kappa shape index (κ1) is 24.7. The number of aliphatic hydroxyl groups excluding tert-OH is 1. The predicted octanol–water partition coefficient (Wildman–Crippen LogP) is -2.32. The zero-order valence-electron chi connectivity index (χ0n) is 14.3. The molecular formula is C10H13N2O13P3S-4. The molecule has 0 radical (unpaired) electrons. The Morgan fingerprint density at radius 2 is 1.90 bits per heavy atom. The van der Waals surface area contributed by atoms with Gasteiger partial charge in [0, 0.05) is 18.2 Å². The lowest BCUT2D eigenvalue weighted by Gasteiger charge is -2.37. The molecule has 1 aliphatic rings. The van der Waals surface area contributed by atoms with Crippen LogP contribution in [-0.4, -0.2) is 33.5 Å². The lowest BCUT2D eigenvalue weighted by Crippen LogP contribution is -2.29. The summed E-state index contributed by atoms with van der Waals surface area (Å²) >= 11 is 4.91. The number of ether oxygens (including phenoxy) is 1. The van der Waals surface area contributed by atoms with Gasteiger partial charge in [0.25, 0.3) is 15.6 Å². The molecule has 1 aromatic heterocycles. The van der Waals surface area contributed by atoms with E-state index in [4.69, 9.17) is 17.0 Å². The number of phosphoric ester groups is 1. The third kappa shape index (κ3) is 7.26. The highest BCUT2D eigenvalue weighted by Crippen LogP contribution is 2.60. The van der Waals surface area contributed by atoms with Gasteiger partial charge in [-0.3, -0.25) is 23.0 Å². The number of aryl methyl sites for hydroxylation is 1. The van der Waals surface area contributed by atoms with Gasteiger partial charge in [-0.1, -0.05) is 12.2 Å². The third-order valence-corrected chi connectivity index (χ3v) is 7.55. The van der Waals surface area contributed by atoms with Crippen LogP contribution in [0.15, 0.2) is 11.0 Å². The lowest BCUT2D eigenvalue weighted by atomic mass is 10.2. The molecule has 1 fully saturated rings. The maximum atomic E-state index is 12.0. The Hall–Kier alpha value is -0.570. The van der Waals surface area contributed by atoms with Crippen LogP contribution in [0.1, 0.15) is 18.2 Å². The van der Waals surface area contributed by atoms with E-state index in [9.17, 15) is 43.2 Å². The van der Waals surface area contributed by atoms with E-state index in [0.717, 1.165) is 4.57 Å². The van der Waals surface area contributed by atoms with E-state index in [1.54, 1.807) is 6.92 Å². The van der Waals surface area contributed by atoms with E-state index in [0.29, 0.717) is 5.56 Å². The van der Waals surface area contributed by atoms with Crippen molar-refractivity contribution in [3.63, 3.8) is 0 Å². The number of aromatic amines is 1. The fourth-order valence-electron chi connectivity index (χ4n) is 2.28. The minimum atomic E-state index is -6.10. The molecule has 1 saturated heterocycles. The Morgan fingerprint density at radius 3 is 2.48 bits per heavy atom.